The molecule has 1 aromatic carbocycles. The van der Waals surface area contributed by atoms with Crippen LogP contribution >= 0.6 is 0 Å². The molecule has 0 aliphatic rings. The summed E-state index contributed by atoms with van der Waals surface area (Å²) >= 11 is 0. The Balaban J connectivity index is 1.57. The minimum atomic E-state index is 0.768. The summed E-state index contributed by atoms with van der Waals surface area (Å²) in [6.45, 7) is 0. The Hall–Kier alpha value is -3.73. The fourth-order valence-corrected chi connectivity index (χ4v) is 2.61. The van der Waals surface area contributed by atoms with E-state index < -0.39 is 0 Å². The van der Waals surface area contributed by atoms with Crippen LogP contribution in [0.15, 0.2) is 91.5 Å². The molecule has 0 amide bonds. The number of rotatable bonds is 5. The molecule has 0 fully saturated rings. The van der Waals surface area contributed by atoms with Gasteiger partial charge in [-0.1, -0.05) is 18.2 Å². The zero-order valence-electron chi connectivity index (χ0n) is 14.0. The number of pyridine rings is 3. The molecule has 0 atom stereocenters. The lowest BCUT2D eigenvalue weighted by Gasteiger charge is -2.09. The molecule has 4 rings (SSSR count). The van der Waals surface area contributed by atoms with Gasteiger partial charge in [-0.25, -0.2) is 9.97 Å². The van der Waals surface area contributed by atoms with Gasteiger partial charge in [0, 0.05) is 24.3 Å². The van der Waals surface area contributed by atoms with Crippen LogP contribution in [0.1, 0.15) is 0 Å². The SMILES string of the molecule is c1ccc(Nc2cc(-c3ccnc(Nc4cccnc4)c3)ccn2)cc1. The highest BCUT2D eigenvalue weighted by atomic mass is 15.0. The van der Waals surface area contributed by atoms with Gasteiger partial charge >= 0.3 is 0 Å². The van der Waals surface area contributed by atoms with Crippen LogP contribution in [0.3, 0.4) is 0 Å². The van der Waals surface area contributed by atoms with Crippen LogP contribution in [0.2, 0.25) is 0 Å². The van der Waals surface area contributed by atoms with Crippen molar-refractivity contribution in [3.05, 3.63) is 91.5 Å². The highest BCUT2D eigenvalue weighted by Gasteiger charge is 2.04. The van der Waals surface area contributed by atoms with Crippen molar-refractivity contribution in [3.8, 4) is 11.1 Å². The molecule has 5 heteroatoms. The Morgan fingerprint density at radius 3 is 1.81 bits per heavy atom. The summed E-state index contributed by atoms with van der Waals surface area (Å²) in [7, 11) is 0. The Bertz CT molecular complexity index is 904. The summed E-state index contributed by atoms with van der Waals surface area (Å²) < 4.78 is 0. The van der Waals surface area contributed by atoms with Crippen molar-refractivity contribution in [1.82, 2.24) is 15.0 Å². The van der Waals surface area contributed by atoms with Crippen LogP contribution in [-0.2, 0) is 0 Å². The molecule has 2 N–H and O–H groups in total. The quantitative estimate of drug-likeness (QED) is 0.534. The first-order valence-corrected chi connectivity index (χ1v) is 8.28. The van der Waals surface area contributed by atoms with Gasteiger partial charge in [0.2, 0.25) is 0 Å². The van der Waals surface area contributed by atoms with Crippen molar-refractivity contribution in [1.29, 1.82) is 0 Å². The second-order valence-electron chi connectivity index (χ2n) is 5.72. The number of hydrogen-bond donors (Lipinski definition) is 2. The Labute approximate surface area is 151 Å². The number of nitrogens with zero attached hydrogens (tertiary/aromatic N) is 3. The molecule has 0 radical (unpaired) electrons. The van der Waals surface area contributed by atoms with Gasteiger partial charge in [-0.2, -0.15) is 0 Å². The Morgan fingerprint density at radius 2 is 1.19 bits per heavy atom. The average molecular weight is 339 g/mol. The molecule has 0 spiro atoms. The first-order chi connectivity index (χ1) is 12.9. The predicted octanol–water partition coefficient (Wildman–Crippen LogP) is 5.03. The summed E-state index contributed by atoms with van der Waals surface area (Å²) in [5.41, 5.74) is 4.03. The van der Waals surface area contributed by atoms with Crippen LogP contribution in [0, 0.1) is 0 Å². The van der Waals surface area contributed by atoms with Crippen molar-refractivity contribution in [2.75, 3.05) is 10.6 Å². The molecule has 126 valence electrons. The van der Waals surface area contributed by atoms with Gasteiger partial charge in [0.05, 0.1) is 11.9 Å². The molecule has 4 aromatic rings. The minimum Gasteiger partial charge on any atom is -0.340 e. The summed E-state index contributed by atoms with van der Waals surface area (Å²) in [6, 6.07) is 21.8. The predicted molar refractivity (Wildman–Crippen MR) is 105 cm³/mol. The average Bonchev–Trinajstić information content (AvgIpc) is 2.70. The highest BCUT2D eigenvalue weighted by molar-refractivity contribution is 5.71. The molecule has 0 saturated carbocycles. The van der Waals surface area contributed by atoms with Gasteiger partial charge in [0.1, 0.15) is 11.6 Å². The number of nitrogens with one attached hydrogen (secondary N) is 2. The van der Waals surface area contributed by atoms with E-state index in [9.17, 15) is 0 Å². The van der Waals surface area contributed by atoms with Crippen molar-refractivity contribution in [2.24, 2.45) is 0 Å². The van der Waals surface area contributed by atoms with Crippen LogP contribution in [0.5, 0.6) is 0 Å². The van der Waals surface area contributed by atoms with Crippen molar-refractivity contribution in [2.45, 2.75) is 0 Å². The lowest BCUT2D eigenvalue weighted by Crippen LogP contribution is -1.95. The third-order valence-corrected chi connectivity index (χ3v) is 3.83. The third kappa shape index (κ3) is 3.84. The largest absolute Gasteiger partial charge is 0.340 e. The second kappa shape index (κ2) is 7.44. The molecule has 26 heavy (non-hydrogen) atoms. The van der Waals surface area contributed by atoms with Crippen molar-refractivity contribution >= 4 is 23.0 Å². The van der Waals surface area contributed by atoms with Gasteiger partial charge < -0.3 is 10.6 Å². The number of anilines is 4. The van der Waals surface area contributed by atoms with Crippen LogP contribution in [-0.4, -0.2) is 15.0 Å². The van der Waals surface area contributed by atoms with E-state index >= 15 is 0 Å². The first-order valence-electron chi connectivity index (χ1n) is 8.28. The van der Waals surface area contributed by atoms with Crippen molar-refractivity contribution in [3.63, 3.8) is 0 Å². The maximum Gasteiger partial charge on any atom is 0.130 e. The smallest absolute Gasteiger partial charge is 0.130 e. The standard InChI is InChI=1S/C21H17N5/c1-2-5-18(6-3-1)25-20-13-16(8-11-23-20)17-9-12-24-21(14-17)26-19-7-4-10-22-15-19/h1-15H,(H,23,25)(H,24,26). The van der Waals surface area contributed by atoms with Gasteiger partial charge in [-0.15, -0.1) is 0 Å². The lowest BCUT2D eigenvalue weighted by molar-refractivity contribution is 1.27. The fraction of sp³-hybridized carbons (Fsp3) is 0. The summed E-state index contributed by atoms with van der Waals surface area (Å²) in [5, 5.41) is 6.58. The normalized spacial score (nSPS) is 10.3. The monoisotopic (exact) mass is 339 g/mol. The number of hydrogen-bond acceptors (Lipinski definition) is 5. The lowest BCUT2D eigenvalue weighted by atomic mass is 10.1. The molecule has 0 aliphatic carbocycles. The topological polar surface area (TPSA) is 62.7 Å². The number of aromatic nitrogens is 3. The highest BCUT2D eigenvalue weighted by Crippen LogP contribution is 2.25. The van der Waals surface area contributed by atoms with Crippen LogP contribution in [0.25, 0.3) is 11.1 Å². The number of benzene rings is 1. The molecule has 3 aromatic heterocycles. The maximum absolute atomic E-state index is 4.40. The Kier molecular flexibility index (Phi) is 4.52. The van der Waals surface area contributed by atoms with Crippen LogP contribution < -0.4 is 10.6 Å². The molecular weight excluding hydrogens is 322 g/mol. The van der Waals surface area contributed by atoms with Gasteiger partial charge in [0.25, 0.3) is 0 Å². The summed E-state index contributed by atoms with van der Waals surface area (Å²) in [4.78, 5) is 12.9. The summed E-state index contributed by atoms with van der Waals surface area (Å²) in [6.07, 6.45) is 7.10. The minimum absolute atomic E-state index is 0.768. The second-order valence-corrected chi connectivity index (χ2v) is 5.72. The maximum atomic E-state index is 4.40. The van der Waals surface area contributed by atoms with Crippen molar-refractivity contribution < 1.29 is 0 Å². The van der Waals surface area contributed by atoms with E-state index in [1.807, 2.05) is 66.7 Å². The van der Waals surface area contributed by atoms with E-state index in [1.54, 1.807) is 24.8 Å². The zero-order chi connectivity index (χ0) is 17.6. The van der Waals surface area contributed by atoms with E-state index in [0.29, 0.717) is 0 Å². The van der Waals surface area contributed by atoms with Crippen LogP contribution in [0.4, 0.5) is 23.0 Å². The van der Waals surface area contributed by atoms with Gasteiger partial charge in [0.15, 0.2) is 0 Å². The molecule has 0 bridgehead atoms. The molecule has 0 saturated heterocycles. The molecular formula is C21H17N5. The molecule has 3 heterocycles. The molecule has 5 nitrogen and oxygen atoms in total. The van der Waals surface area contributed by atoms with E-state index in [1.165, 1.54) is 0 Å². The molecule has 0 aliphatic heterocycles. The summed E-state index contributed by atoms with van der Waals surface area (Å²) in [5.74, 6) is 1.57. The van der Waals surface area contributed by atoms with E-state index in [-0.39, 0.29) is 0 Å². The van der Waals surface area contributed by atoms with E-state index in [4.69, 9.17) is 0 Å². The Morgan fingerprint density at radius 1 is 0.577 bits per heavy atom. The van der Waals surface area contributed by atoms with Gasteiger partial charge in [-0.3, -0.25) is 4.98 Å². The zero-order valence-corrected chi connectivity index (χ0v) is 14.0. The third-order valence-electron chi connectivity index (χ3n) is 3.83. The van der Waals surface area contributed by atoms with E-state index in [2.05, 4.69) is 25.6 Å². The first kappa shape index (κ1) is 15.8. The number of para-hydroxylation sites is 1. The molecule has 0 unspecified atom stereocenters. The van der Waals surface area contributed by atoms with E-state index in [0.717, 1.165) is 34.1 Å². The fourth-order valence-electron chi connectivity index (χ4n) is 2.61. The van der Waals surface area contributed by atoms with Gasteiger partial charge in [-0.05, 0) is 59.7 Å².